The van der Waals surface area contributed by atoms with E-state index < -0.39 is 5.60 Å². The minimum absolute atomic E-state index is 0.253. The highest BCUT2D eigenvalue weighted by molar-refractivity contribution is 7.98. The zero-order valence-electron chi connectivity index (χ0n) is 11.2. The van der Waals surface area contributed by atoms with Crippen molar-refractivity contribution in [2.24, 2.45) is 5.41 Å². The van der Waals surface area contributed by atoms with Gasteiger partial charge in [0.2, 0.25) is 0 Å². The van der Waals surface area contributed by atoms with E-state index in [1.54, 1.807) is 18.7 Å². The monoisotopic (exact) mass is 248 g/mol. The maximum absolute atomic E-state index is 10.3. The number of hydrogen-bond acceptors (Lipinski definition) is 2. The molecule has 0 saturated carbocycles. The lowest BCUT2D eigenvalue weighted by Gasteiger charge is -2.32. The normalized spacial score (nSPS) is 14.7. The van der Waals surface area contributed by atoms with E-state index in [-0.39, 0.29) is 5.41 Å². The van der Waals surface area contributed by atoms with Gasteiger partial charge in [-0.2, -0.15) is 0 Å². The third-order valence-electron chi connectivity index (χ3n) is 2.98. The van der Waals surface area contributed by atoms with E-state index in [2.05, 4.69) is 17.9 Å². The second-order valence-corrected chi connectivity index (χ2v) is 6.18. The summed E-state index contributed by atoms with van der Waals surface area (Å²) in [6.45, 7) is 7.72. The molecule has 17 heavy (non-hydrogen) atoms. The number of thioether (sulfide) groups is 1. The van der Waals surface area contributed by atoms with Crippen LogP contribution >= 0.6 is 11.8 Å². The van der Waals surface area contributed by atoms with E-state index in [0.29, 0.717) is 0 Å². The van der Waals surface area contributed by atoms with Gasteiger partial charge in [0.1, 0.15) is 5.60 Å². The van der Waals surface area contributed by atoms with Gasteiger partial charge in [-0.05, 0) is 31.4 Å². The van der Waals surface area contributed by atoms with Crippen LogP contribution in [0.3, 0.4) is 0 Å². The molecule has 0 fully saturated rings. The number of aliphatic hydroxyl groups is 1. The molecule has 1 unspecified atom stereocenters. The Balaban J connectivity index is 2.99. The Hall–Kier alpha value is -0.910. The van der Waals surface area contributed by atoms with Crippen molar-refractivity contribution in [2.45, 2.75) is 38.2 Å². The van der Waals surface area contributed by atoms with Gasteiger partial charge >= 0.3 is 0 Å². The Morgan fingerprint density at radius 3 is 2.35 bits per heavy atom. The van der Waals surface area contributed by atoms with Crippen LogP contribution in [0.25, 0.3) is 0 Å². The fraction of sp³-hybridized carbons (Fsp3) is 0.467. The second-order valence-electron chi connectivity index (χ2n) is 5.30. The first-order valence-electron chi connectivity index (χ1n) is 5.66. The molecule has 0 radical (unpaired) electrons. The van der Waals surface area contributed by atoms with E-state index in [1.165, 1.54) is 4.90 Å². The number of rotatable bonds is 1. The van der Waals surface area contributed by atoms with Crippen molar-refractivity contribution in [3.05, 3.63) is 29.8 Å². The van der Waals surface area contributed by atoms with Gasteiger partial charge in [-0.15, -0.1) is 11.8 Å². The van der Waals surface area contributed by atoms with E-state index in [1.807, 2.05) is 45.2 Å². The Labute approximate surface area is 109 Å². The molecule has 1 nitrogen and oxygen atoms in total. The standard InChI is InChI=1S/C15H20OS/c1-14(2,3)15(4,16)10-9-12-7-6-8-13(11-12)17-5/h6-8,11,16H,1-5H3. The Bertz CT molecular complexity index is 444. The summed E-state index contributed by atoms with van der Waals surface area (Å²) in [5.41, 5.74) is -0.291. The Kier molecular flexibility index (Phi) is 4.30. The van der Waals surface area contributed by atoms with Crippen LogP contribution in [0.1, 0.15) is 33.3 Å². The Morgan fingerprint density at radius 2 is 1.82 bits per heavy atom. The predicted octanol–water partition coefficient (Wildman–Crippen LogP) is 3.56. The van der Waals surface area contributed by atoms with Crippen molar-refractivity contribution >= 4 is 11.8 Å². The van der Waals surface area contributed by atoms with Gasteiger partial charge in [0.25, 0.3) is 0 Å². The molecule has 0 aliphatic rings. The lowest BCUT2D eigenvalue weighted by molar-refractivity contribution is 0.0129. The van der Waals surface area contributed by atoms with E-state index >= 15 is 0 Å². The molecule has 1 N–H and O–H groups in total. The molecule has 0 spiro atoms. The predicted molar refractivity (Wildman–Crippen MR) is 75.2 cm³/mol. The summed E-state index contributed by atoms with van der Waals surface area (Å²) in [7, 11) is 0. The quantitative estimate of drug-likeness (QED) is 0.606. The molecule has 1 atom stereocenters. The minimum atomic E-state index is -0.984. The molecule has 0 amide bonds. The van der Waals surface area contributed by atoms with Crippen LogP contribution in [-0.2, 0) is 0 Å². The molecule has 1 aromatic carbocycles. The maximum atomic E-state index is 10.3. The Morgan fingerprint density at radius 1 is 1.18 bits per heavy atom. The van der Waals surface area contributed by atoms with Crippen molar-refractivity contribution < 1.29 is 5.11 Å². The summed E-state index contributed by atoms with van der Waals surface area (Å²) in [4.78, 5) is 1.19. The van der Waals surface area contributed by atoms with E-state index in [4.69, 9.17) is 0 Å². The minimum Gasteiger partial charge on any atom is -0.377 e. The largest absolute Gasteiger partial charge is 0.377 e. The molecule has 0 aromatic heterocycles. The first-order valence-corrected chi connectivity index (χ1v) is 6.88. The van der Waals surface area contributed by atoms with Crippen LogP contribution < -0.4 is 0 Å². The number of hydrogen-bond donors (Lipinski definition) is 1. The molecule has 2 heteroatoms. The SMILES string of the molecule is CSc1cccc(C#CC(C)(O)C(C)(C)C)c1. The maximum Gasteiger partial charge on any atom is 0.127 e. The molecule has 0 bridgehead atoms. The van der Waals surface area contributed by atoms with E-state index in [0.717, 1.165) is 5.56 Å². The van der Waals surface area contributed by atoms with Gasteiger partial charge < -0.3 is 5.11 Å². The summed E-state index contributed by atoms with van der Waals surface area (Å²) in [6.07, 6.45) is 2.04. The fourth-order valence-electron chi connectivity index (χ4n) is 1.08. The highest BCUT2D eigenvalue weighted by atomic mass is 32.2. The molecular weight excluding hydrogens is 228 g/mol. The molecule has 1 rings (SSSR count). The molecule has 0 aliphatic heterocycles. The summed E-state index contributed by atoms with van der Waals surface area (Å²) >= 11 is 1.69. The smallest absolute Gasteiger partial charge is 0.127 e. The molecule has 0 saturated heterocycles. The van der Waals surface area contributed by atoms with Crippen LogP contribution in [0.2, 0.25) is 0 Å². The summed E-state index contributed by atoms with van der Waals surface area (Å²) in [6, 6.07) is 8.04. The van der Waals surface area contributed by atoms with Gasteiger partial charge in [0.15, 0.2) is 0 Å². The summed E-state index contributed by atoms with van der Waals surface area (Å²) < 4.78 is 0. The fourth-order valence-corrected chi connectivity index (χ4v) is 1.54. The average molecular weight is 248 g/mol. The van der Waals surface area contributed by atoms with Gasteiger partial charge in [-0.25, -0.2) is 0 Å². The van der Waals surface area contributed by atoms with Crippen LogP contribution in [-0.4, -0.2) is 17.0 Å². The van der Waals surface area contributed by atoms with Crippen LogP contribution in [0, 0.1) is 17.3 Å². The van der Waals surface area contributed by atoms with Gasteiger partial charge in [0, 0.05) is 15.9 Å². The van der Waals surface area contributed by atoms with Crippen molar-refractivity contribution in [2.75, 3.05) is 6.26 Å². The van der Waals surface area contributed by atoms with Crippen molar-refractivity contribution in [1.29, 1.82) is 0 Å². The zero-order chi connectivity index (χ0) is 13.1. The lowest BCUT2D eigenvalue weighted by atomic mass is 9.78. The molecule has 1 aromatic rings. The van der Waals surface area contributed by atoms with Gasteiger partial charge in [-0.3, -0.25) is 0 Å². The summed E-state index contributed by atoms with van der Waals surface area (Å²) in [5.74, 6) is 6.02. The van der Waals surface area contributed by atoms with Crippen molar-refractivity contribution in [1.82, 2.24) is 0 Å². The van der Waals surface area contributed by atoms with Crippen LogP contribution in [0.4, 0.5) is 0 Å². The van der Waals surface area contributed by atoms with Crippen molar-refractivity contribution in [3.63, 3.8) is 0 Å². The first kappa shape index (κ1) is 14.2. The number of benzene rings is 1. The van der Waals surface area contributed by atoms with Gasteiger partial charge in [0.05, 0.1) is 0 Å². The first-order chi connectivity index (χ1) is 7.76. The van der Waals surface area contributed by atoms with Crippen molar-refractivity contribution in [3.8, 4) is 11.8 Å². The molecule has 0 aliphatic carbocycles. The highest BCUT2D eigenvalue weighted by Gasteiger charge is 2.33. The third kappa shape index (κ3) is 3.80. The van der Waals surface area contributed by atoms with Crippen LogP contribution in [0.15, 0.2) is 29.2 Å². The molecule has 92 valence electrons. The molecular formula is C15H20OS. The topological polar surface area (TPSA) is 20.2 Å². The summed E-state index contributed by atoms with van der Waals surface area (Å²) in [5, 5.41) is 10.3. The van der Waals surface area contributed by atoms with Gasteiger partial charge in [-0.1, -0.05) is 38.7 Å². The molecule has 0 heterocycles. The van der Waals surface area contributed by atoms with Crippen LogP contribution in [0.5, 0.6) is 0 Å². The third-order valence-corrected chi connectivity index (χ3v) is 3.71. The average Bonchev–Trinajstić information content (AvgIpc) is 2.25. The second kappa shape index (κ2) is 5.16. The highest BCUT2D eigenvalue weighted by Crippen LogP contribution is 2.29. The lowest BCUT2D eigenvalue weighted by Crippen LogP contribution is -2.38. The van der Waals surface area contributed by atoms with E-state index in [9.17, 15) is 5.11 Å². The zero-order valence-corrected chi connectivity index (χ0v) is 12.0.